The van der Waals surface area contributed by atoms with Crippen molar-refractivity contribution < 1.29 is 8.42 Å². The lowest BCUT2D eigenvalue weighted by Gasteiger charge is -1.87. The van der Waals surface area contributed by atoms with E-state index < -0.39 is 9.05 Å². The molecule has 0 aromatic rings. The van der Waals surface area contributed by atoms with Gasteiger partial charge in [0.15, 0.2) is 0 Å². The van der Waals surface area contributed by atoms with Crippen LogP contribution < -0.4 is 5.73 Å². The van der Waals surface area contributed by atoms with Crippen molar-refractivity contribution in [2.45, 2.75) is 20.3 Å². The average Bonchev–Trinajstić information content (AvgIpc) is 2.02. The Hall–Kier alpha value is 1.07. The minimum absolute atomic E-state index is 0. The molecule has 0 heterocycles. The van der Waals surface area contributed by atoms with E-state index >= 15 is 0 Å². The molecule has 0 aliphatic rings. The maximum atomic E-state index is 10.1. The third-order valence-corrected chi connectivity index (χ3v) is 2.63. The number of halogens is 4. The van der Waals surface area contributed by atoms with Crippen LogP contribution in [0.15, 0.2) is 0 Å². The zero-order valence-corrected chi connectivity index (χ0v) is 11.5. The Kier molecular flexibility index (Phi) is 29.2. The molecule has 15 heavy (non-hydrogen) atoms. The number of nitrogens with two attached hydrogens (primary N) is 1. The lowest BCUT2D eigenvalue weighted by molar-refractivity contribution is 0.608. The van der Waals surface area contributed by atoms with Gasteiger partial charge in [-0.05, 0) is 19.4 Å². The molecule has 0 saturated carbocycles. The summed E-state index contributed by atoms with van der Waals surface area (Å²) in [6.07, 6.45) is 1.36. The fourth-order valence-corrected chi connectivity index (χ4v) is 1.57. The molecule has 8 heteroatoms. The third-order valence-electron chi connectivity index (χ3n) is 0.860. The third kappa shape index (κ3) is 39.5. The Labute approximate surface area is 113 Å². The van der Waals surface area contributed by atoms with E-state index in [0.29, 0.717) is 24.7 Å². The number of hydrogen-bond donors (Lipinski definition) is 1. The van der Waals surface area contributed by atoms with Gasteiger partial charge in [0.1, 0.15) is 0 Å². The Morgan fingerprint density at radius 1 is 1.07 bits per heavy atom. The van der Waals surface area contributed by atoms with Gasteiger partial charge in [0.25, 0.3) is 0 Å². The minimum Gasteiger partial charge on any atom is -0.330 e. The first-order valence-corrected chi connectivity index (χ1v) is 7.27. The summed E-state index contributed by atoms with van der Waals surface area (Å²) in [6.45, 7) is 0.712. The zero-order valence-electron chi connectivity index (χ0n) is 7.59. The molecule has 0 amide bonds. The van der Waals surface area contributed by atoms with E-state index in [0.717, 1.165) is 6.42 Å². The van der Waals surface area contributed by atoms with Gasteiger partial charge in [-0.15, -0.1) is 35.6 Å². The van der Waals surface area contributed by atoms with Crippen molar-refractivity contribution >= 4 is 55.3 Å². The van der Waals surface area contributed by atoms with Gasteiger partial charge in [0.2, 0.25) is 9.05 Å². The fraction of sp³-hybridized carbons (Fsp3) is 1.00. The summed E-state index contributed by atoms with van der Waals surface area (Å²) in [6, 6.07) is 0. The second-order valence-electron chi connectivity index (χ2n) is 2.12. The molecular formula is C7H19Cl4NO2S. The molecule has 0 aliphatic heterocycles. The first-order chi connectivity index (χ1) is 5.97. The topological polar surface area (TPSA) is 60.2 Å². The molecule has 0 bridgehead atoms. The molecule has 0 aromatic carbocycles. The monoisotopic (exact) mass is 321 g/mol. The summed E-state index contributed by atoms with van der Waals surface area (Å²) < 4.78 is 20.2. The number of hydrogen-bond acceptors (Lipinski definition) is 3. The lowest BCUT2D eigenvalue weighted by Crippen LogP contribution is -1.97. The highest BCUT2D eigenvalue weighted by Crippen LogP contribution is 1.98. The molecule has 0 aliphatic carbocycles. The fourth-order valence-electron chi connectivity index (χ4n) is 0.304. The van der Waals surface area contributed by atoms with Crippen LogP contribution in [0.5, 0.6) is 0 Å². The summed E-state index contributed by atoms with van der Waals surface area (Å²) in [5.41, 5.74) is 5.05. The predicted octanol–water partition coefficient (Wildman–Crippen LogP) is 2.82. The second-order valence-corrected chi connectivity index (χ2v) is 5.77. The van der Waals surface area contributed by atoms with Gasteiger partial charge >= 0.3 is 0 Å². The van der Waals surface area contributed by atoms with Crippen molar-refractivity contribution in [3.05, 3.63) is 0 Å². The highest BCUT2D eigenvalue weighted by atomic mass is 35.7. The molecule has 0 atom stereocenters. The van der Waals surface area contributed by atoms with Crippen LogP contribution in [0.3, 0.4) is 0 Å². The largest absolute Gasteiger partial charge is 0.330 e. The zero-order chi connectivity index (χ0) is 10.7. The van der Waals surface area contributed by atoms with Gasteiger partial charge in [-0.25, -0.2) is 8.42 Å². The molecule has 98 valence electrons. The summed E-state index contributed by atoms with van der Waals surface area (Å²) in [5.74, 6) is 1.00. The molecule has 0 rings (SSSR count). The smallest absolute Gasteiger partial charge is 0.232 e. The lowest BCUT2D eigenvalue weighted by atomic mass is 10.5. The Bertz CT molecular complexity index is 185. The number of rotatable bonds is 5. The first kappa shape index (κ1) is 25.1. The minimum atomic E-state index is -3.30. The maximum absolute atomic E-state index is 10.1. The van der Waals surface area contributed by atoms with E-state index in [-0.39, 0.29) is 25.6 Å². The summed E-state index contributed by atoms with van der Waals surface area (Å²) >= 11 is 10.4. The molecule has 2 N–H and O–H groups in total. The molecule has 0 saturated heterocycles. The average molecular weight is 323 g/mol. The van der Waals surface area contributed by atoms with Gasteiger partial charge in [0, 0.05) is 22.4 Å². The van der Waals surface area contributed by atoms with Crippen LogP contribution in [0.1, 0.15) is 20.3 Å². The predicted molar refractivity (Wildman–Crippen MR) is 73.3 cm³/mol. The van der Waals surface area contributed by atoms with Crippen molar-refractivity contribution in [2.24, 2.45) is 5.73 Å². The van der Waals surface area contributed by atoms with Crippen molar-refractivity contribution in [2.75, 3.05) is 24.1 Å². The van der Waals surface area contributed by atoms with Gasteiger partial charge in [-0.2, -0.15) is 0 Å². The Morgan fingerprint density at radius 3 is 1.53 bits per heavy atom. The van der Waals surface area contributed by atoms with Crippen molar-refractivity contribution in [3.63, 3.8) is 0 Å². The van der Waals surface area contributed by atoms with Crippen molar-refractivity contribution in [1.82, 2.24) is 0 Å². The molecule has 0 fully saturated rings. The highest BCUT2D eigenvalue weighted by Gasteiger charge is 2.01. The van der Waals surface area contributed by atoms with Crippen LogP contribution in [0, 0.1) is 0 Å². The van der Waals surface area contributed by atoms with Crippen LogP contribution in [-0.2, 0) is 9.05 Å². The summed E-state index contributed by atoms with van der Waals surface area (Å²) in [5, 5.41) is 0. The summed E-state index contributed by atoms with van der Waals surface area (Å²) in [7, 11) is 1.53. The normalized spacial score (nSPS) is 9.07. The van der Waals surface area contributed by atoms with E-state index in [4.69, 9.17) is 39.6 Å². The van der Waals surface area contributed by atoms with Crippen LogP contribution in [0.25, 0.3) is 0 Å². The van der Waals surface area contributed by atoms with Crippen LogP contribution in [0.2, 0.25) is 0 Å². The van der Waals surface area contributed by atoms with Crippen LogP contribution >= 0.6 is 46.3 Å². The first-order valence-electron chi connectivity index (χ1n) is 3.72. The SMILES string of the molecule is C.Cl.NCCCCl.O=S(=O)(Cl)CCCCl. The van der Waals surface area contributed by atoms with Crippen LogP contribution in [0.4, 0.5) is 0 Å². The second kappa shape index (κ2) is 17.5. The van der Waals surface area contributed by atoms with Crippen molar-refractivity contribution in [3.8, 4) is 0 Å². The van der Waals surface area contributed by atoms with Crippen LogP contribution in [-0.4, -0.2) is 32.5 Å². The van der Waals surface area contributed by atoms with E-state index in [1.54, 1.807) is 0 Å². The molecular weight excluding hydrogens is 304 g/mol. The standard InChI is InChI=1S/C3H6Cl2O2S.C3H8ClN.CH4.ClH/c4-2-1-3-8(5,6)7;4-2-1-3-5;;/h1-3H2;1-3,5H2;1H4;1H. The molecule has 0 aromatic heterocycles. The Morgan fingerprint density at radius 2 is 1.47 bits per heavy atom. The summed E-state index contributed by atoms with van der Waals surface area (Å²) in [4.78, 5) is 0. The highest BCUT2D eigenvalue weighted by molar-refractivity contribution is 8.13. The van der Waals surface area contributed by atoms with Crippen molar-refractivity contribution in [1.29, 1.82) is 0 Å². The van der Waals surface area contributed by atoms with Gasteiger partial charge in [0.05, 0.1) is 5.75 Å². The molecule has 3 nitrogen and oxygen atoms in total. The molecule has 0 spiro atoms. The molecule has 0 radical (unpaired) electrons. The van der Waals surface area contributed by atoms with E-state index in [9.17, 15) is 8.42 Å². The van der Waals surface area contributed by atoms with E-state index in [1.807, 2.05) is 0 Å². The maximum Gasteiger partial charge on any atom is 0.232 e. The van der Waals surface area contributed by atoms with E-state index in [2.05, 4.69) is 0 Å². The Balaban J connectivity index is -0.0000000770. The quantitative estimate of drug-likeness (QED) is 0.625. The van der Waals surface area contributed by atoms with Gasteiger partial charge in [-0.3, -0.25) is 0 Å². The van der Waals surface area contributed by atoms with Gasteiger partial charge < -0.3 is 5.73 Å². The molecule has 0 unspecified atom stereocenters. The van der Waals surface area contributed by atoms with Gasteiger partial charge in [-0.1, -0.05) is 7.43 Å². The van der Waals surface area contributed by atoms with E-state index in [1.165, 1.54) is 0 Å². The number of alkyl halides is 2.